The summed E-state index contributed by atoms with van der Waals surface area (Å²) in [5, 5.41) is 13.7. The van der Waals surface area contributed by atoms with Crippen molar-refractivity contribution in [3.05, 3.63) is 53.4 Å². The van der Waals surface area contributed by atoms with Crippen molar-refractivity contribution in [2.75, 3.05) is 13.1 Å². The molecule has 1 saturated heterocycles. The van der Waals surface area contributed by atoms with Crippen LogP contribution in [0.2, 0.25) is 0 Å². The summed E-state index contributed by atoms with van der Waals surface area (Å²) in [4.78, 5) is 6.35. The molecule has 0 radical (unpaired) electrons. The fourth-order valence-electron chi connectivity index (χ4n) is 2.68. The maximum absolute atomic E-state index is 12.9. The molecule has 1 aliphatic heterocycles. The van der Waals surface area contributed by atoms with Crippen LogP contribution in [0.15, 0.2) is 34.9 Å². The Morgan fingerprint density at radius 1 is 1.41 bits per heavy atom. The number of hydrogen-bond donors (Lipinski definition) is 1. The van der Waals surface area contributed by atoms with Gasteiger partial charge in [0.25, 0.3) is 0 Å². The molecule has 1 aromatic carbocycles. The Morgan fingerprint density at radius 2 is 2.18 bits per heavy atom. The topological polar surface area (TPSA) is 62.4 Å². The zero-order valence-corrected chi connectivity index (χ0v) is 12.3. The number of aliphatic hydroxyl groups excluding tert-OH is 1. The number of likely N-dealkylation sites (tertiary alicyclic amines) is 1. The summed E-state index contributed by atoms with van der Waals surface area (Å²) < 4.78 is 18.1. The minimum Gasteiger partial charge on any atom is -0.392 e. The Labute approximate surface area is 128 Å². The number of rotatable bonds is 4. The van der Waals surface area contributed by atoms with Crippen LogP contribution >= 0.6 is 0 Å². The molecule has 2 atom stereocenters. The van der Waals surface area contributed by atoms with Crippen LogP contribution in [0, 0.1) is 12.7 Å². The molecule has 0 aliphatic carbocycles. The van der Waals surface area contributed by atoms with Crippen LogP contribution < -0.4 is 0 Å². The Morgan fingerprint density at radius 3 is 2.86 bits per heavy atom. The highest BCUT2D eigenvalue weighted by molar-refractivity contribution is 5.49. The summed E-state index contributed by atoms with van der Waals surface area (Å²) in [7, 11) is 0. The van der Waals surface area contributed by atoms with Crippen LogP contribution in [-0.4, -0.2) is 39.3 Å². The van der Waals surface area contributed by atoms with Crippen molar-refractivity contribution >= 4 is 6.08 Å². The molecule has 2 aromatic rings. The molecule has 2 heterocycles. The molecule has 5 nitrogen and oxygen atoms in total. The average Bonchev–Trinajstić information content (AvgIpc) is 3.07. The van der Waals surface area contributed by atoms with E-state index in [4.69, 9.17) is 4.52 Å². The van der Waals surface area contributed by atoms with Crippen molar-refractivity contribution in [2.24, 2.45) is 0 Å². The predicted octanol–water partition coefficient (Wildman–Crippen LogP) is 2.34. The van der Waals surface area contributed by atoms with Gasteiger partial charge in [0.2, 0.25) is 5.89 Å². The lowest BCUT2D eigenvalue weighted by atomic mass is 10.2. The summed E-state index contributed by atoms with van der Waals surface area (Å²) in [6.07, 6.45) is 4.12. The standard InChI is InChI=1S/C16H18FN3O2/c1-11-18-16(22-19-11)15-9-14(21)10-20(15)8-2-3-12-4-6-13(17)7-5-12/h2-7,14-15,21H,8-10H2,1H3/t14-,15-/m1/s1. The minimum absolute atomic E-state index is 0.0610. The van der Waals surface area contributed by atoms with E-state index in [1.165, 1.54) is 12.1 Å². The van der Waals surface area contributed by atoms with Gasteiger partial charge in [0.05, 0.1) is 12.1 Å². The van der Waals surface area contributed by atoms with Crippen molar-refractivity contribution in [3.8, 4) is 0 Å². The smallest absolute Gasteiger partial charge is 0.244 e. The first kappa shape index (κ1) is 14.9. The van der Waals surface area contributed by atoms with E-state index in [-0.39, 0.29) is 11.9 Å². The van der Waals surface area contributed by atoms with Crippen molar-refractivity contribution in [1.82, 2.24) is 15.0 Å². The lowest BCUT2D eigenvalue weighted by molar-refractivity contribution is 0.178. The van der Waals surface area contributed by atoms with Gasteiger partial charge >= 0.3 is 0 Å². The fourth-order valence-corrected chi connectivity index (χ4v) is 2.68. The molecule has 0 amide bonds. The third-order valence-corrected chi connectivity index (χ3v) is 3.73. The van der Waals surface area contributed by atoms with E-state index in [0.717, 1.165) is 5.56 Å². The van der Waals surface area contributed by atoms with E-state index < -0.39 is 6.10 Å². The molecule has 0 unspecified atom stereocenters. The normalized spacial score (nSPS) is 22.7. The quantitative estimate of drug-likeness (QED) is 0.939. The lowest BCUT2D eigenvalue weighted by Crippen LogP contribution is -2.25. The summed E-state index contributed by atoms with van der Waals surface area (Å²) in [6, 6.07) is 6.26. The third kappa shape index (κ3) is 3.40. The summed E-state index contributed by atoms with van der Waals surface area (Å²) in [6.45, 7) is 3.00. The second-order valence-corrected chi connectivity index (χ2v) is 5.49. The number of benzene rings is 1. The van der Waals surface area contributed by atoms with Gasteiger partial charge in [-0.05, 0) is 31.0 Å². The zero-order chi connectivity index (χ0) is 15.5. The second-order valence-electron chi connectivity index (χ2n) is 5.49. The van der Waals surface area contributed by atoms with Gasteiger partial charge in [-0.3, -0.25) is 4.90 Å². The Bertz CT molecular complexity index is 654. The highest BCUT2D eigenvalue weighted by Gasteiger charge is 2.34. The highest BCUT2D eigenvalue weighted by atomic mass is 19.1. The van der Waals surface area contributed by atoms with E-state index in [2.05, 4.69) is 15.0 Å². The molecular formula is C16H18FN3O2. The zero-order valence-electron chi connectivity index (χ0n) is 12.3. The molecule has 0 spiro atoms. The fraction of sp³-hybridized carbons (Fsp3) is 0.375. The highest BCUT2D eigenvalue weighted by Crippen LogP contribution is 2.30. The van der Waals surface area contributed by atoms with Crippen LogP contribution in [0.5, 0.6) is 0 Å². The second kappa shape index (κ2) is 6.37. The first-order valence-corrected chi connectivity index (χ1v) is 7.26. The molecule has 22 heavy (non-hydrogen) atoms. The number of nitrogens with zero attached hydrogens (tertiary/aromatic N) is 3. The maximum Gasteiger partial charge on any atom is 0.244 e. The molecule has 116 valence electrons. The van der Waals surface area contributed by atoms with Crippen molar-refractivity contribution < 1.29 is 14.0 Å². The summed E-state index contributed by atoms with van der Waals surface area (Å²) in [5.74, 6) is 0.897. The number of β-amino-alcohol motifs (C(OH)–C–C–N with tert-alkyl or cyclic N) is 1. The molecular weight excluding hydrogens is 285 g/mol. The molecule has 0 saturated carbocycles. The molecule has 1 N–H and O–H groups in total. The Hall–Kier alpha value is -2.05. The minimum atomic E-state index is -0.392. The van der Waals surface area contributed by atoms with Crippen molar-refractivity contribution in [2.45, 2.75) is 25.5 Å². The first-order valence-electron chi connectivity index (χ1n) is 7.26. The molecule has 6 heteroatoms. The number of halogens is 1. The number of hydrogen-bond acceptors (Lipinski definition) is 5. The van der Waals surface area contributed by atoms with E-state index in [9.17, 15) is 9.50 Å². The van der Waals surface area contributed by atoms with E-state index in [0.29, 0.717) is 31.2 Å². The molecule has 1 aromatic heterocycles. The van der Waals surface area contributed by atoms with Crippen molar-refractivity contribution in [1.29, 1.82) is 0 Å². The van der Waals surface area contributed by atoms with Gasteiger partial charge in [0.1, 0.15) is 5.82 Å². The molecule has 3 rings (SSSR count). The molecule has 0 bridgehead atoms. The van der Waals surface area contributed by atoms with E-state index in [1.807, 2.05) is 12.2 Å². The Kier molecular flexibility index (Phi) is 4.31. The maximum atomic E-state index is 12.9. The van der Waals surface area contributed by atoms with Gasteiger partial charge in [0.15, 0.2) is 5.82 Å². The van der Waals surface area contributed by atoms with Gasteiger partial charge in [-0.2, -0.15) is 4.98 Å². The SMILES string of the molecule is Cc1noc([C@H]2C[C@@H](O)CN2CC=Cc2ccc(F)cc2)n1. The van der Waals surface area contributed by atoms with Crippen LogP contribution in [0.4, 0.5) is 4.39 Å². The monoisotopic (exact) mass is 303 g/mol. The van der Waals surface area contributed by atoms with Crippen LogP contribution in [0.3, 0.4) is 0 Å². The van der Waals surface area contributed by atoms with Gasteiger partial charge in [-0.1, -0.05) is 29.4 Å². The largest absolute Gasteiger partial charge is 0.392 e. The van der Waals surface area contributed by atoms with Crippen molar-refractivity contribution in [3.63, 3.8) is 0 Å². The first-order chi connectivity index (χ1) is 10.6. The van der Waals surface area contributed by atoms with Gasteiger partial charge in [-0.15, -0.1) is 0 Å². The van der Waals surface area contributed by atoms with E-state index >= 15 is 0 Å². The summed E-state index contributed by atoms with van der Waals surface area (Å²) >= 11 is 0. The predicted molar refractivity (Wildman–Crippen MR) is 79.4 cm³/mol. The van der Waals surface area contributed by atoms with Crippen LogP contribution in [-0.2, 0) is 0 Å². The Balaban J connectivity index is 1.66. The third-order valence-electron chi connectivity index (χ3n) is 3.73. The number of aliphatic hydroxyl groups is 1. The van der Waals surface area contributed by atoms with Gasteiger partial charge in [0, 0.05) is 13.1 Å². The van der Waals surface area contributed by atoms with E-state index in [1.54, 1.807) is 19.1 Å². The van der Waals surface area contributed by atoms with Gasteiger partial charge in [-0.25, -0.2) is 4.39 Å². The van der Waals surface area contributed by atoms with Crippen LogP contribution in [0.1, 0.15) is 29.7 Å². The number of aromatic nitrogens is 2. The number of aryl methyl sites for hydroxylation is 1. The average molecular weight is 303 g/mol. The van der Waals surface area contributed by atoms with Gasteiger partial charge < -0.3 is 9.63 Å². The van der Waals surface area contributed by atoms with Crippen LogP contribution in [0.25, 0.3) is 6.08 Å². The molecule has 1 aliphatic rings. The summed E-state index contributed by atoms with van der Waals surface area (Å²) in [5.41, 5.74) is 0.936. The molecule has 1 fully saturated rings. The lowest BCUT2D eigenvalue weighted by Gasteiger charge is -2.18.